The molecule has 0 aliphatic rings. The van der Waals surface area contributed by atoms with Gasteiger partial charge < -0.3 is 10.1 Å². The highest BCUT2D eigenvalue weighted by Gasteiger charge is 2.06. The molecule has 5 heteroatoms. The molecule has 0 saturated carbocycles. The second kappa shape index (κ2) is 7.85. The van der Waals surface area contributed by atoms with Crippen molar-refractivity contribution in [3.05, 3.63) is 29.8 Å². The van der Waals surface area contributed by atoms with E-state index in [0.717, 1.165) is 11.3 Å². The zero-order valence-electron chi connectivity index (χ0n) is 10.7. The number of hydrogen-bond donors (Lipinski definition) is 1. The van der Waals surface area contributed by atoms with Gasteiger partial charge in [-0.1, -0.05) is 18.2 Å². The van der Waals surface area contributed by atoms with E-state index in [4.69, 9.17) is 10.00 Å². The summed E-state index contributed by atoms with van der Waals surface area (Å²) in [6.45, 7) is 2.69. The van der Waals surface area contributed by atoms with Gasteiger partial charge in [0.2, 0.25) is 0 Å². The Morgan fingerprint density at radius 3 is 2.89 bits per heavy atom. The highest BCUT2D eigenvalue weighted by Crippen LogP contribution is 2.17. The van der Waals surface area contributed by atoms with Crippen LogP contribution in [-0.4, -0.2) is 28.9 Å². The molecule has 0 aromatic heterocycles. The number of nitriles is 1. The van der Waals surface area contributed by atoms with E-state index in [1.165, 1.54) is 0 Å². The van der Waals surface area contributed by atoms with Crippen molar-refractivity contribution in [3.8, 4) is 11.8 Å². The van der Waals surface area contributed by atoms with Gasteiger partial charge in [0, 0.05) is 41.0 Å². The lowest BCUT2D eigenvalue weighted by atomic mass is 10.2. The number of ether oxygens (including phenoxy) is 1. The van der Waals surface area contributed by atoms with Crippen LogP contribution in [0.4, 0.5) is 0 Å². The van der Waals surface area contributed by atoms with Crippen LogP contribution in [0.3, 0.4) is 0 Å². The maximum absolute atomic E-state index is 11.1. The van der Waals surface area contributed by atoms with E-state index in [9.17, 15) is 4.21 Å². The molecule has 0 aliphatic carbocycles. The Bertz CT molecular complexity index is 443. The van der Waals surface area contributed by atoms with E-state index in [1.807, 2.05) is 37.3 Å². The number of hydrogen-bond acceptors (Lipinski definition) is 4. The third-order valence-corrected chi connectivity index (χ3v) is 3.36. The smallest absolute Gasteiger partial charge is 0.174 e. The topological polar surface area (TPSA) is 62.1 Å². The lowest BCUT2D eigenvalue weighted by molar-refractivity contribution is 0.362. The Balaban J connectivity index is 2.56. The highest BCUT2D eigenvalue weighted by atomic mass is 32.2. The third-order valence-electron chi connectivity index (χ3n) is 2.39. The summed E-state index contributed by atoms with van der Waals surface area (Å²) < 4.78 is 16.4. The second-order valence-electron chi connectivity index (χ2n) is 4.08. The van der Waals surface area contributed by atoms with E-state index in [-0.39, 0.29) is 12.6 Å². The first kappa shape index (κ1) is 14.7. The number of nitrogens with zero attached hydrogens (tertiary/aromatic N) is 1. The van der Waals surface area contributed by atoms with Crippen molar-refractivity contribution in [2.45, 2.75) is 19.5 Å². The molecule has 1 rings (SSSR count). The Morgan fingerprint density at radius 2 is 2.22 bits per heavy atom. The van der Waals surface area contributed by atoms with Crippen LogP contribution in [0.2, 0.25) is 0 Å². The fraction of sp³-hybridized carbons (Fsp3) is 0.462. The molecule has 0 radical (unpaired) electrons. The second-order valence-corrected chi connectivity index (χ2v) is 5.56. The number of para-hydroxylation sites is 1. The quantitative estimate of drug-likeness (QED) is 0.811. The number of nitrogens with one attached hydrogen (secondary N) is 1. The first-order valence-electron chi connectivity index (χ1n) is 5.74. The maximum atomic E-state index is 11.1. The van der Waals surface area contributed by atoms with Crippen molar-refractivity contribution in [3.63, 3.8) is 0 Å². The van der Waals surface area contributed by atoms with E-state index in [1.54, 1.807) is 6.26 Å². The lowest BCUT2D eigenvalue weighted by Crippen LogP contribution is -2.30. The van der Waals surface area contributed by atoms with Crippen LogP contribution in [0, 0.1) is 11.3 Å². The van der Waals surface area contributed by atoms with E-state index in [2.05, 4.69) is 5.32 Å². The van der Waals surface area contributed by atoms with Crippen LogP contribution in [0.15, 0.2) is 24.3 Å². The molecular formula is C13H18N2O2S. The largest absolute Gasteiger partial charge is 0.478 e. The monoisotopic (exact) mass is 266 g/mol. The standard InChI is InChI=1S/C13H18N2O2S/c1-11(10-18(2)16)15-9-12-5-3-4-6-13(12)17-8-7-14/h3-6,11,15H,8-10H2,1-2H3. The summed E-state index contributed by atoms with van der Waals surface area (Å²) in [6.07, 6.45) is 1.70. The van der Waals surface area contributed by atoms with Crippen molar-refractivity contribution in [1.29, 1.82) is 5.26 Å². The Kier molecular flexibility index (Phi) is 6.40. The Labute approximate surface area is 110 Å². The van der Waals surface area contributed by atoms with E-state index in [0.29, 0.717) is 12.3 Å². The summed E-state index contributed by atoms with van der Waals surface area (Å²) in [5.74, 6) is 1.35. The van der Waals surface area contributed by atoms with Gasteiger partial charge in [-0.25, -0.2) is 0 Å². The van der Waals surface area contributed by atoms with Crippen molar-refractivity contribution in [2.75, 3.05) is 18.6 Å². The van der Waals surface area contributed by atoms with Crippen LogP contribution in [0.25, 0.3) is 0 Å². The predicted molar refractivity (Wildman–Crippen MR) is 72.8 cm³/mol. The average Bonchev–Trinajstić information content (AvgIpc) is 2.34. The van der Waals surface area contributed by atoms with Crippen LogP contribution >= 0.6 is 0 Å². The zero-order chi connectivity index (χ0) is 13.4. The highest BCUT2D eigenvalue weighted by molar-refractivity contribution is 7.84. The first-order chi connectivity index (χ1) is 8.63. The van der Waals surface area contributed by atoms with Gasteiger partial charge in [0.05, 0.1) is 0 Å². The third kappa shape index (κ3) is 5.30. The molecular weight excluding hydrogens is 248 g/mol. The fourth-order valence-corrected chi connectivity index (χ4v) is 2.42. The zero-order valence-corrected chi connectivity index (χ0v) is 11.5. The van der Waals surface area contributed by atoms with Crippen LogP contribution in [-0.2, 0) is 17.3 Å². The van der Waals surface area contributed by atoms with Crippen LogP contribution in [0.5, 0.6) is 5.75 Å². The molecule has 1 N–H and O–H groups in total. The summed E-state index contributed by atoms with van der Waals surface area (Å²) >= 11 is 0. The molecule has 0 saturated heterocycles. The Hall–Kier alpha value is -1.38. The minimum atomic E-state index is -0.801. The molecule has 0 fully saturated rings. The van der Waals surface area contributed by atoms with Crippen molar-refractivity contribution < 1.29 is 8.95 Å². The molecule has 98 valence electrons. The van der Waals surface area contributed by atoms with E-state index < -0.39 is 10.8 Å². The summed E-state index contributed by atoms with van der Waals surface area (Å²) in [7, 11) is -0.801. The average molecular weight is 266 g/mol. The van der Waals surface area contributed by atoms with Gasteiger partial charge in [0.25, 0.3) is 0 Å². The molecule has 1 aromatic rings. The minimum Gasteiger partial charge on any atom is -0.478 e. The summed E-state index contributed by atoms with van der Waals surface area (Å²) in [4.78, 5) is 0. The molecule has 0 bridgehead atoms. The Morgan fingerprint density at radius 1 is 1.50 bits per heavy atom. The van der Waals surface area contributed by atoms with Gasteiger partial charge >= 0.3 is 0 Å². The molecule has 0 heterocycles. The van der Waals surface area contributed by atoms with Crippen molar-refractivity contribution in [2.24, 2.45) is 0 Å². The van der Waals surface area contributed by atoms with Gasteiger partial charge in [-0.15, -0.1) is 0 Å². The molecule has 18 heavy (non-hydrogen) atoms. The predicted octanol–water partition coefficient (Wildman–Crippen LogP) is 1.45. The van der Waals surface area contributed by atoms with Crippen LogP contribution in [0.1, 0.15) is 12.5 Å². The summed E-state index contributed by atoms with van der Waals surface area (Å²) in [6, 6.07) is 9.74. The van der Waals surface area contributed by atoms with Crippen molar-refractivity contribution in [1.82, 2.24) is 5.32 Å². The first-order valence-corrected chi connectivity index (χ1v) is 7.47. The number of rotatable bonds is 7. The molecule has 2 atom stereocenters. The molecule has 0 spiro atoms. The van der Waals surface area contributed by atoms with Crippen LogP contribution < -0.4 is 10.1 Å². The summed E-state index contributed by atoms with van der Waals surface area (Å²) in [5, 5.41) is 11.8. The SMILES string of the molecule is CC(CS(C)=O)NCc1ccccc1OCC#N. The molecule has 0 amide bonds. The molecule has 0 aliphatic heterocycles. The maximum Gasteiger partial charge on any atom is 0.174 e. The molecule has 2 unspecified atom stereocenters. The lowest BCUT2D eigenvalue weighted by Gasteiger charge is -2.14. The van der Waals surface area contributed by atoms with Crippen molar-refractivity contribution >= 4 is 10.8 Å². The fourth-order valence-electron chi connectivity index (χ4n) is 1.60. The van der Waals surface area contributed by atoms with E-state index >= 15 is 0 Å². The molecule has 1 aromatic carbocycles. The van der Waals surface area contributed by atoms with Gasteiger partial charge in [0.1, 0.15) is 11.8 Å². The molecule has 4 nitrogen and oxygen atoms in total. The van der Waals surface area contributed by atoms with Gasteiger partial charge in [0.15, 0.2) is 6.61 Å². The summed E-state index contributed by atoms with van der Waals surface area (Å²) in [5.41, 5.74) is 1.00. The number of benzene rings is 1. The normalized spacial score (nSPS) is 13.6. The minimum absolute atomic E-state index is 0.0472. The van der Waals surface area contributed by atoms with Gasteiger partial charge in [-0.3, -0.25) is 4.21 Å². The van der Waals surface area contributed by atoms with Gasteiger partial charge in [-0.2, -0.15) is 5.26 Å². The van der Waals surface area contributed by atoms with Gasteiger partial charge in [-0.05, 0) is 13.0 Å².